The highest BCUT2D eigenvalue weighted by atomic mass is 16.5. The third kappa shape index (κ3) is 4.17. The molecule has 0 aliphatic rings. The van der Waals surface area contributed by atoms with Crippen molar-refractivity contribution in [2.45, 2.75) is 25.8 Å². The molecular weight excluding hydrogens is 186 g/mol. The molecule has 1 atom stereocenters. The number of nitrogens with two attached hydrogens (primary N) is 1. The lowest BCUT2D eigenvalue weighted by molar-refractivity contribution is 0.311. The zero-order valence-electron chi connectivity index (χ0n) is 9.28. The summed E-state index contributed by atoms with van der Waals surface area (Å²) in [5, 5.41) is 0. The molecule has 15 heavy (non-hydrogen) atoms. The minimum atomic E-state index is 0.0572. The molecule has 1 aromatic rings. The molecule has 2 N–H and O–H groups in total. The average Bonchev–Trinajstić information content (AvgIpc) is 2.25. The summed E-state index contributed by atoms with van der Waals surface area (Å²) in [7, 11) is 0. The van der Waals surface area contributed by atoms with Crippen LogP contribution >= 0.6 is 0 Å². The van der Waals surface area contributed by atoms with Crippen LogP contribution in [0.4, 0.5) is 0 Å². The van der Waals surface area contributed by atoms with Gasteiger partial charge in [-0.2, -0.15) is 0 Å². The summed E-state index contributed by atoms with van der Waals surface area (Å²) < 4.78 is 5.60. The molecule has 0 amide bonds. The molecule has 0 saturated heterocycles. The highest BCUT2D eigenvalue weighted by Gasteiger charge is 2.00. The molecule has 0 aliphatic heterocycles. The lowest BCUT2D eigenvalue weighted by Gasteiger charge is -2.09. The van der Waals surface area contributed by atoms with Gasteiger partial charge in [0.05, 0.1) is 6.61 Å². The molecule has 1 rings (SSSR count). The molecule has 0 aromatic heterocycles. The van der Waals surface area contributed by atoms with Gasteiger partial charge >= 0.3 is 0 Å². The van der Waals surface area contributed by atoms with Crippen LogP contribution < -0.4 is 10.5 Å². The van der Waals surface area contributed by atoms with Crippen LogP contribution in [0.3, 0.4) is 0 Å². The van der Waals surface area contributed by atoms with Crippen molar-refractivity contribution in [1.82, 2.24) is 0 Å². The first-order chi connectivity index (χ1) is 7.24. The van der Waals surface area contributed by atoms with Gasteiger partial charge in [0.15, 0.2) is 0 Å². The second kappa shape index (κ2) is 6.25. The van der Waals surface area contributed by atoms with Crippen LogP contribution in [-0.2, 0) is 0 Å². The molecule has 2 heteroatoms. The Kier molecular flexibility index (Phi) is 4.91. The van der Waals surface area contributed by atoms with Crippen LogP contribution in [-0.4, -0.2) is 6.61 Å². The van der Waals surface area contributed by atoms with Crippen LogP contribution in [0.25, 0.3) is 0 Å². The van der Waals surface area contributed by atoms with E-state index in [0.717, 1.165) is 30.8 Å². The molecule has 0 aliphatic carbocycles. The lowest BCUT2D eigenvalue weighted by atomic mass is 10.1. The predicted molar refractivity (Wildman–Crippen MR) is 64.0 cm³/mol. The summed E-state index contributed by atoms with van der Waals surface area (Å²) in [6.45, 7) is 6.37. The Hall–Kier alpha value is -1.28. The zero-order valence-corrected chi connectivity index (χ0v) is 9.28. The normalized spacial score (nSPS) is 12.1. The third-order valence-electron chi connectivity index (χ3n) is 2.21. The molecule has 0 spiro atoms. The topological polar surface area (TPSA) is 35.2 Å². The number of hydrogen-bond donors (Lipinski definition) is 1. The molecule has 0 heterocycles. The summed E-state index contributed by atoms with van der Waals surface area (Å²) in [6.07, 6.45) is 3.90. The van der Waals surface area contributed by atoms with E-state index in [4.69, 9.17) is 10.5 Å². The number of ether oxygens (including phenoxy) is 1. The van der Waals surface area contributed by atoms with Crippen molar-refractivity contribution >= 4 is 0 Å². The molecule has 82 valence electrons. The first kappa shape index (κ1) is 11.8. The van der Waals surface area contributed by atoms with Crippen molar-refractivity contribution in [2.24, 2.45) is 5.73 Å². The third-order valence-corrected chi connectivity index (χ3v) is 2.21. The standard InChI is InChI=1S/C13H19NO/c1-3-4-5-9-15-13-8-6-7-12(10-13)11(2)14/h3,6-8,10-11H,1,4-5,9,14H2,2H3/t11-/m1/s1. The van der Waals surface area contributed by atoms with Crippen molar-refractivity contribution in [3.63, 3.8) is 0 Å². The van der Waals surface area contributed by atoms with Gasteiger partial charge in [0.1, 0.15) is 5.75 Å². The van der Waals surface area contributed by atoms with Gasteiger partial charge in [-0.1, -0.05) is 18.2 Å². The van der Waals surface area contributed by atoms with Crippen molar-refractivity contribution in [3.05, 3.63) is 42.5 Å². The van der Waals surface area contributed by atoms with E-state index in [-0.39, 0.29) is 6.04 Å². The van der Waals surface area contributed by atoms with Crippen LogP contribution in [0.5, 0.6) is 5.75 Å². The molecule has 2 nitrogen and oxygen atoms in total. The Bertz CT molecular complexity index is 307. The van der Waals surface area contributed by atoms with Crippen molar-refractivity contribution in [1.29, 1.82) is 0 Å². The molecular formula is C13H19NO. The summed E-state index contributed by atoms with van der Waals surface area (Å²) in [6, 6.07) is 8.00. The fourth-order valence-corrected chi connectivity index (χ4v) is 1.31. The van der Waals surface area contributed by atoms with E-state index in [1.807, 2.05) is 37.3 Å². The monoisotopic (exact) mass is 205 g/mol. The van der Waals surface area contributed by atoms with E-state index in [1.54, 1.807) is 0 Å². The van der Waals surface area contributed by atoms with E-state index in [1.165, 1.54) is 0 Å². The van der Waals surface area contributed by atoms with Crippen LogP contribution in [0.15, 0.2) is 36.9 Å². The molecule has 0 fully saturated rings. The summed E-state index contributed by atoms with van der Waals surface area (Å²) in [5.41, 5.74) is 6.90. The Morgan fingerprint density at radius 3 is 3.00 bits per heavy atom. The van der Waals surface area contributed by atoms with E-state index in [0.29, 0.717) is 0 Å². The maximum absolute atomic E-state index is 5.79. The van der Waals surface area contributed by atoms with Crippen molar-refractivity contribution in [2.75, 3.05) is 6.61 Å². The van der Waals surface area contributed by atoms with Gasteiger partial charge in [0, 0.05) is 6.04 Å². The fraction of sp³-hybridized carbons (Fsp3) is 0.385. The van der Waals surface area contributed by atoms with Crippen molar-refractivity contribution < 1.29 is 4.74 Å². The van der Waals surface area contributed by atoms with Gasteiger partial charge in [0.2, 0.25) is 0 Å². The van der Waals surface area contributed by atoms with Gasteiger partial charge in [-0.25, -0.2) is 0 Å². The summed E-state index contributed by atoms with van der Waals surface area (Å²) in [4.78, 5) is 0. The van der Waals surface area contributed by atoms with E-state index >= 15 is 0 Å². The lowest BCUT2D eigenvalue weighted by Crippen LogP contribution is -2.05. The second-order valence-electron chi connectivity index (χ2n) is 3.64. The predicted octanol–water partition coefficient (Wildman–Crippen LogP) is 3.05. The van der Waals surface area contributed by atoms with Crippen LogP contribution in [0, 0.1) is 0 Å². The van der Waals surface area contributed by atoms with Crippen molar-refractivity contribution in [3.8, 4) is 5.75 Å². The van der Waals surface area contributed by atoms with Gasteiger partial charge in [0.25, 0.3) is 0 Å². The summed E-state index contributed by atoms with van der Waals surface area (Å²) in [5.74, 6) is 0.897. The molecule has 1 aromatic carbocycles. The Morgan fingerprint density at radius 2 is 2.33 bits per heavy atom. The van der Waals surface area contributed by atoms with Crippen LogP contribution in [0.1, 0.15) is 31.4 Å². The maximum Gasteiger partial charge on any atom is 0.119 e. The Morgan fingerprint density at radius 1 is 1.53 bits per heavy atom. The quantitative estimate of drug-likeness (QED) is 0.572. The van der Waals surface area contributed by atoms with E-state index < -0.39 is 0 Å². The second-order valence-corrected chi connectivity index (χ2v) is 3.64. The van der Waals surface area contributed by atoms with E-state index in [9.17, 15) is 0 Å². The number of unbranched alkanes of at least 4 members (excludes halogenated alkanes) is 1. The van der Waals surface area contributed by atoms with Crippen LogP contribution in [0.2, 0.25) is 0 Å². The smallest absolute Gasteiger partial charge is 0.119 e. The van der Waals surface area contributed by atoms with Gasteiger partial charge < -0.3 is 10.5 Å². The Labute approximate surface area is 91.7 Å². The fourth-order valence-electron chi connectivity index (χ4n) is 1.31. The van der Waals surface area contributed by atoms with Gasteiger partial charge in [-0.3, -0.25) is 0 Å². The van der Waals surface area contributed by atoms with Gasteiger partial charge in [-0.05, 0) is 37.5 Å². The average molecular weight is 205 g/mol. The zero-order chi connectivity index (χ0) is 11.1. The summed E-state index contributed by atoms with van der Waals surface area (Å²) >= 11 is 0. The Balaban J connectivity index is 2.46. The minimum Gasteiger partial charge on any atom is -0.494 e. The number of benzene rings is 1. The maximum atomic E-state index is 5.79. The largest absolute Gasteiger partial charge is 0.494 e. The first-order valence-corrected chi connectivity index (χ1v) is 5.33. The number of rotatable bonds is 6. The van der Waals surface area contributed by atoms with Gasteiger partial charge in [-0.15, -0.1) is 6.58 Å². The molecule has 0 radical (unpaired) electrons. The SMILES string of the molecule is C=CCCCOc1cccc([C@@H](C)N)c1. The highest BCUT2D eigenvalue weighted by Crippen LogP contribution is 2.17. The first-order valence-electron chi connectivity index (χ1n) is 5.33. The number of allylic oxidation sites excluding steroid dienone is 1. The molecule has 0 bridgehead atoms. The molecule has 0 unspecified atom stereocenters. The highest BCUT2D eigenvalue weighted by molar-refractivity contribution is 5.30. The van der Waals surface area contributed by atoms with E-state index in [2.05, 4.69) is 6.58 Å². The molecule has 0 saturated carbocycles. The minimum absolute atomic E-state index is 0.0572. The number of hydrogen-bond acceptors (Lipinski definition) is 2.